The van der Waals surface area contributed by atoms with Gasteiger partial charge in [-0.3, -0.25) is 9.79 Å². The van der Waals surface area contributed by atoms with Crippen LogP contribution in [0, 0.1) is 0 Å². The number of carbonyl (C=O) groups is 1. The molecule has 4 nitrogen and oxygen atoms in total. The van der Waals surface area contributed by atoms with Crippen LogP contribution in [0.1, 0.15) is 0 Å². The highest BCUT2D eigenvalue weighted by Crippen LogP contribution is 2.18. The summed E-state index contributed by atoms with van der Waals surface area (Å²) in [6.45, 7) is 0. The lowest BCUT2D eigenvalue weighted by Crippen LogP contribution is -2.27. The number of hydrogen-bond donors (Lipinski definition) is 1. The Bertz CT molecular complexity index is 393. The van der Waals surface area contributed by atoms with E-state index in [4.69, 9.17) is 11.6 Å². The molecule has 1 amide bonds. The number of allylic oxidation sites excluding steroid dienone is 1. The van der Waals surface area contributed by atoms with Crippen LogP contribution in [0.4, 0.5) is 0 Å². The summed E-state index contributed by atoms with van der Waals surface area (Å²) in [6, 6.07) is -0.555. The third-order valence-corrected chi connectivity index (χ3v) is 1.91. The van der Waals surface area contributed by atoms with E-state index in [1.165, 1.54) is 12.3 Å². The molecule has 13 heavy (non-hydrogen) atoms. The Morgan fingerprint density at radius 2 is 2.23 bits per heavy atom. The van der Waals surface area contributed by atoms with E-state index in [0.29, 0.717) is 10.7 Å². The number of aliphatic hydroxyl groups is 1. The van der Waals surface area contributed by atoms with Crippen molar-refractivity contribution in [3.63, 3.8) is 0 Å². The van der Waals surface area contributed by atoms with Crippen LogP contribution in [-0.2, 0) is 4.79 Å². The smallest absolute Gasteiger partial charge is 0.273 e. The molecule has 2 heterocycles. The summed E-state index contributed by atoms with van der Waals surface area (Å²) < 4.78 is 0. The van der Waals surface area contributed by atoms with Crippen molar-refractivity contribution in [3.05, 3.63) is 22.9 Å². The van der Waals surface area contributed by atoms with E-state index in [2.05, 4.69) is 9.98 Å². The molecule has 0 saturated carbocycles. The Hall–Kier alpha value is -1.42. The third kappa shape index (κ3) is 1.40. The largest absolute Gasteiger partial charge is 0.509 e. The molecule has 1 unspecified atom stereocenters. The number of aliphatic hydroxyl groups excluding tert-OH is 1. The molecule has 2 rings (SSSR count). The Labute approximate surface area is 79.0 Å². The fourth-order valence-corrected chi connectivity index (χ4v) is 1.33. The average molecular weight is 197 g/mol. The van der Waals surface area contributed by atoms with Crippen molar-refractivity contribution in [1.82, 2.24) is 0 Å². The number of aliphatic imine (C=N–C) groups is 2. The number of amides is 1. The Kier molecular flexibility index (Phi) is 1.77. The first-order chi connectivity index (χ1) is 6.16. The zero-order valence-corrected chi connectivity index (χ0v) is 7.19. The van der Waals surface area contributed by atoms with E-state index in [0.717, 1.165) is 6.08 Å². The van der Waals surface area contributed by atoms with E-state index in [-0.39, 0.29) is 5.76 Å². The number of fused-ring (bicyclic) bond motifs is 1. The molecule has 0 radical (unpaired) electrons. The van der Waals surface area contributed by atoms with Crippen molar-refractivity contribution in [1.29, 1.82) is 0 Å². The fraction of sp³-hybridized carbons (Fsp3) is 0.125. The van der Waals surface area contributed by atoms with Gasteiger partial charge in [0.25, 0.3) is 5.91 Å². The minimum atomic E-state index is -0.555. The minimum absolute atomic E-state index is 0.0910. The highest BCUT2D eigenvalue weighted by atomic mass is 35.5. The van der Waals surface area contributed by atoms with Gasteiger partial charge in [0.2, 0.25) is 0 Å². The lowest BCUT2D eigenvalue weighted by molar-refractivity contribution is -0.113. The van der Waals surface area contributed by atoms with Crippen LogP contribution in [0.3, 0.4) is 0 Å². The Balaban J connectivity index is 2.44. The molecule has 1 atom stereocenters. The molecule has 0 saturated heterocycles. The maximum atomic E-state index is 10.9. The zero-order valence-electron chi connectivity index (χ0n) is 6.44. The lowest BCUT2D eigenvalue weighted by atomic mass is 10.1. The Morgan fingerprint density at radius 3 is 3.00 bits per heavy atom. The van der Waals surface area contributed by atoms with Gasteiger partial charge in [-0.1, -0.05) is 11.6 Å². The lowest BCUT2D eigenvalue weighted by Gasteiger charge is -2.17. The molecular formula is C8H5ClN2O2. The molecule has 0 bridgehead atoms. The number of dihydropyridines is 2. The number of carbonyl (C=O) groups excluding carboxylic acids is 1. The summed E-state index contributed by atoms with van der Waals surface area (Å²) in [5, 5.41) is 9.73. The summed E-state index contributed by atoms with van der Waals surface area (Å²) in [6.07, 6.45) is 3.99. The van der Waals surface area contributed by atoms with Crippen LogP contribution in [0.25, 0.3) is 0 Å². The van der Waals surface area contributed by atoms with E-state index in [1.54, 1.807) is 0 Å². The second-order valence-corrected chi connectivity index (χ2v) is 3.09. The van der Waals surface area contributed by atoms with Crippen LogP contribution in [0.2, 0.25) is 0 Å². The van der Waals surface area contributed by atoms with Gasteiger partial charge in [0.1, 0.15) is 11.8 Å². The molecule has 0 aromatic rings. The van der Waals surface area contributed by atoms with Gasteiger partial charge in [0.15, 0.2) is 0 Å². The molecule has 0 fully saturated rings. The predicted molar refractivity (Wildman–Crippen MR) is 49.4 cm³/mol. The van der Waals surface area contributed by atoms with Crippen molar-refractivity contribution < 1.29 is 9.90 Å². The average Bonchev–Trinajstić information content (AvgIpc) is 2.02. The van der Waals surface area contributed by atoms with Gasteiger partial charge in [-0.05, 0) is 6.08 Å². The first-order valence-electron chi connectivity index (χ1n) is 3.60. The van der Waals surface area contributed by atoms with E-state index >= 15 is 0 Å². The Morgan fingerprint density at radius 1 is 1.46 bits per heavy atom. The highest BCUT2D eigenvalue weighted by molar-refractivity contribution is 6.42. The fourth-order valence-electron chi connectivity index (χ4n) is 1.17. The summed E-state index contributed by atoms with van der Waals surface area (Å²) in [4.78, 5) is 18.5. The summed E-state index contributed by atoms with van der Waals surface area (Å²) >= 11 is 5.65. The standard InChI is InChI=1S/C8H5ClN2O2/c9-4-1-5-8(10-3-4)6(12)2-7(13)11-5/h1-3,8,12H. The summed E-state index contributed by atoms with van der Waals surface area (Å²) in [5.74, 6) is -0.576. The molecular weight excluding hydrogens is 192 g/mol. The zero-order chi connectivity index (χ0) is 9.42. The predicted octanol–water partition coefficient (Wildman–Crippen LogP) is 0.985. The van der Waals surface area contributed by atoms with E-state index in [9.17, 15) is 9.90 Å². The van der Waals surface area contributed by atoms with Gasteiger partial charge in [-0.2, -0.15) is 0 Å². The second-order valence-electron chi connectivity index (χ2n) is 2.65. The molecule has 5 heteroatoms. The normalized spacial score (nSPS) is 26.1. The van der Waals surface area contributed by atoms with Gasteiger partial charge in [0, 0.05) is 12.3 Å². The molecule has 0 spiro atoms. The number of nitrogens with zero attached hydrogens (tertiary/aromatic N) is 2. The van der Waals surface area contributed by atoms with Crippen LogP contribution in [-0.4, -0.2) is 29.0 Å². The van der Waals surface area contributed by atoms with Gasteiger partial charge in [0.05, 0.1) is 10.7 Å². The number of rotatable bonds is 0. The van der Waals surface area contributed by atoms with E-state index < -0.39 is 11.9 Å². The van der Waals surface area contributed by atoms with E-state index in [1.807, 2.05) is 0 Å². The number of halogens is 1. The monoisotopic (exact) mass is 196 g/mol. The highest BCUT2D eigenvalue weighted by Gasteiger charge is 2.25. The van der Waals surface area contributed by atoms with Crippen LogP contribution < -0.4 is 0 Å². The summed E-state index contributed by atoms with van der Waals surface area (Å²) in [5.41, 5.74) is 0.387. The summed E-state index contributed by atoms with van der Waals surface area (Å²) in [7, 11) is 0. The van der Waals surface area contributed by atoms with Crippen LogP contribution >= 0.6 is 11.6 Å². The van der Waals surface area contributed by atoms with Crippen molar-refractivity contribution >= 4 is 29.4 Å². The quantitative estimate of drug-likeness (QED) is 0.628. The maximum Gasteiger partial charge on any atom is 0.273 e. The third-order valence-electron chi connectivity index (χ3n) is 1.70. The first kappa shape index (κ1) is 8.19. The maximum absolute atomic E-state index is 10.9. The van der Waals surface area contributed by atoms with Crippen molar-refractivity contribution in [2.24, 2.45) is 9.98 Å². The van der Waals surface area contributed by atoms with Crippen molar-refractivity contribution in [2.75, 3.05) is 0 Å². The molecule has 1 N–H and O–H groups in total. The van der Waals surface area contributed by atoms with Crippen molar-refractivity contribution in [2.45, 2.75) is 6.04 Å². The minimum Gasteiger partial charge on any atom is -0.509 e. The van der Waals surface area contributed by atoms with Crippen LogP contribution in [0.15, 0.2) is 32.9 Å². The molecule has 2 aliphatic heterocycles. The number of hydrogen-bond acceptors (Lipinski definition) is 3. The van der Waals surface area contributed by atoms with Gasteiger partial charge >= 0.3 is 0 Å². The van der Waals surface area contributed by atoms with Gasteiger partial charge < -0.3 is 5.11 Å². The van der Waals surface area contributed by atoms with Crippen LogP contribution in [0.5, 0.6) is 0 Å². The molecule has 0 aromatic heterocycles. The molecule has 0 aliphatic carbocycles. The first-order valence-corrected chi connectivity index (χ1v) is 3.98. The van der Waals surface area contributed by atoms with Crippen molar-refractivity contribution in [3.8, 4) is 0 Å². The van der Waals surface area contributed by atoms with Gasteiger partial charge in [-0.15, -0.1) is 0 Å². The molecule has 66 valence electrons. The second kappa shape index (κ2) is 2.81. The van der Waals surface area contributed by atoms with Gasteiger partial charge in [-0.25, -0.2) is 4.99 Å². The topological polar surface area (TPSA) is 62.0 Å². The molecule has 0 aromatic carbocycles. The SMILES string of the molecule is O=C1C=C(O)C2N=CC(Cl)=CC2=N1. The molecule has 2 aliphatic rings.